The Bertz CT molecular complexity index is 284. The molecular weight excluding hydrogens is 236 g/mol. The molecule has 0 radical (unpaired) electrons. The molecule has 0 aliphatic carbocycles. The van der Waals surface area contributed by atoms with E-state index in [0.29, 0.717) is 0 Å². The zero-order chi connectivity index (χ0) is 12.7. The molecule has 0 spiro atoms. The van der Waals surface area contributed by atoms with Crippen molar-refractivity contribution in [2.75, 3.05) is 18.6 Å². The molecule has 0 bridgehead atoms. The molecule has 0 heterocycles. The Morgan fingerprint density at radius 1 is 1.38 bits per heavy atom. The van der Waals surface area contributed by atoms with Crippen LogP contribution in [0.25, 0.3) is 0 Å². The minimum atomic E-state index is -1.33. The number of hydrogen-bond acceptors (Lipinski definition) is 4. The van der Waals surface area contributed by atoms with Gasteiger partial charge in [-0.1, -0.05) is 0 Å². The highest BCUT2D eigenvalue weighted by atomic mass is 32.2. The van der Waals surface area contributed by atoms with Crippen molar-refractivity contribution in [3.05, 3.63) is 0 Å². The number of amides is 2. The van der Waals surface area contributed by atoms with E-state index in [2.05, 4.69) is 10.6 Å². The van der Waals surface area contributed by atoms with Gasteiger partial charge in [-0.3, -0.25) is 4.21 Å². The number of carboxylic acid groups (broad SMARTS) is 1. The molecule has 0 saturated carbocycles. The number of rotatable bonds is 6. The van der Waals surface area contributed by atoms with Crippen molar-refractivity contribution in [3.8, 4) is 0 Å². The van der Waals surface area contributed by atoms with Crippen LogP contribution in [-0.4, -0.2) is 57.1 Å². The molecule has 3 unspecified atom stereocenters. The van der Waals surface area contributed by atoms with Crippen molar-refractivity contribution in [1.29, 1.82) is 0 Å². The summed E-state index contributed by atoms with van der Waals surface area (Å²) >= 11 is 0. The number of carboxylic acids is 1. The Kier molecular flexibility index (Phi) is 6.66. The van der Waals surface area contributed by atoms with E-state index in [1.807, 2.05) is 0 Å². The Labute approximate surface area is 95.7 Å². The lowest BCUT2D eigenvalue weighted by atomic mass is 10.3. The van der Waals surface area contributed by atoms with Crippen molar-refractivity contribution in [2.45, 2.75) is 19.0 Å². The second-order valence-corrected chi connectivity index (χ2v) is 4.81. The maximum Gasteiger partial charge on any atom is 0.328 e. The Morgan fingerprint density at radius 2 is 1.94 bits per heavy atom. The Balaban J connectivity index is 4.06. The molecule has 16 heavy (non-hydrogen) atoms. The van der Waals surface area contributed by atoms with E-state index >= 15 is 0 Å². The van der Waals surface area contributed by atoms with E-state index in [4.69, 9.17) is 10.2 Å². The SMILES string of the molecule is CC(CS(C)=O)NC(=O)NC(CO)C(=O)O. The highest BCUT2D eigenvalue weighted by Crippen LogP contribution is 1.87. The van der Waals surface area contributed by atoms with Crippen molar-refractivity contribution < 1.29 is 24.0 Å². The van der Waals surface area contributed by atoms with Crippen LogP contribution in [0.2, 0.25) is 0 Å². The minimum Gasteiger partial charge on any atom is -0.480 e. The molecular formula is C8H16N2O5S. The molecule has 4 N–H and O–H groups in total. The summed E-state index contributed by atoms with van der Waals surface area (Å²) in [6, 6.07) is -2.38. The predicted molar refractivity (Wildman–Crippen MR) is 58.6 cm³/mol. The fourth-order valence-corrected chi connectivity index (χ4v) is 1.79. The Hall–Kier alpha value is -1.15. The van der Waals surface area contributed by atoms with E-state index in [1.165, 1.54) is 6.26 Å². The average molecular weight is 252 g/mol. The highest BCUT2D eigenvalue weighted by Gasteiger charge is 2.19. The van der Waals surface area contributed by atoms with Gasteiger partial charge in [0.25, 0.3) is 0 Å². The van der Waals surface area contributed by atoms with Crippen molar-refractivity contribution >= 4 is 22.8 Å². The molecule has 0 aromatic heterocycles. The van der Waals surface area contributed by atoms with Crippen LogP contribution in [0.1, 0.15) is 6.92 Å². The van der Waals surface area contributed by atoms with Gasteiger partial charge in [-0.25, -0.2) is 9.59 Å². The standard InChI is InChI=1S/C8H16N2O5S/c1-5(4-16(2)15)9-8(14)10-6(3-11)7(12)13/h5-6,11H,3-4H2,1-2H3,(H,12,13)(H2,9,10,14). The first-order valence-electron chi connectivity index (χ1n) is 4.57. The molecule has 7 nitrogen and oxygen atoms in total. The van der Waals surface area contributed by atoms with Gasteiger partial charge in [0.2, 0.25) is 0 Å². The molecule has 2 amide bonds. The van der Waals surface area contributed by atoms with Crippen LogP contribution in [0.5, 0.6) is 0 Å². The second-order valence-electron chi connectivity index (χ2n) is 3.33. The van der Waals surface area contributed by atoms with Gasteiger partial charge in [0.1, 0.15) is 0 Å². The Morgan fingerprint density at radius 3 is 2.31 bits per heavy atom. The van der Waals surface area contributed by atoms with Gasteiger partial charge in [0, 0.05) is 28.9 Å². The molecule has 0 aromatic carbocycles. The summed E-state index contributed by atoms with van der Waals surface area (Å²) in [6.45, 7) is 0.965. The number of hydrogen-bond donors (Lipinski definition) is 4. The first-order chi connectivity index (χ1) is 7.36. The quantitative estimate of drug-likeness (QED) is 0.459. The molecule has 0 aliphatic heterocycles. The van der Waals surface area contributed by atoms with Gasteiger partial charge in [-0.15, -0.1) is 0 Å². The van der Waals surface area contributed by atoms with Crippen molar-refractivity contribution in [1.82, 2.24) is 10.6 Å². The summed E-state index contributed by atoms with van der Waals surface area (Å²) in [5.74, 6) is -1.03. The zero-order valence-corrected chi connectivity index (χ0v) is 9.91. The predicted octanol–water partition coefficient (Wildman–Crippen LogP) is -1.50. The minimum absolute atomic E-state index is 0.282. The summed E-state index contributed by atoms with van der Waals surface area (Å²) in [6.07, 6.45) is 1.50. The first-order valence-corrected chi connectivity index (χ1v) is 6.30. The lowest BCUT2D eigenvalue weighted by Gasteiger charge is -2.16. The van der Waals surface area contributed by atoms with Crippen LogP contribution < -0.4 is 10.6 Å². The number of urea groups is 1. The molecule has 94 valence electrons. The molecule has 0 aromatic rings. The van der Waals surface area contributed by atoms with Crippen molar-refractivity contribution in [3.63, 3.8) is 0 Å². The van der Waals surface area contributed by atoms with Gasteiger partial charge in [-0.2, -0.15) is 0 Å². The van der Waals surface area contributed by atoms with Crippen LogP contribution in [0.4, 0.5) is 4.79 Å². The number of carbonyl (C=O) groups excluding carboxylic acids is 1. The van der Waals surface area contributed by atoms with E-state index < -0.39 is 35.4 Å². The van der Waals surface area contributed by atoms with Crippen LogP contribution in [0.3, 0.4) is 0 Å². The zero-order valence-electron chi connectivity index (χ0n) is 9.10. The van der Waals surface area contributed by atoms with Gasteiger partial charge in [0.05, 0.1) is 6.61 Å². The first kappa shape index (κ1) is 14.8. The fourth-order valence-electron chi connectivity index (χ4n) is 1.00. The number of nitrogens with one attached hydrogen (secondary N) is 2. The summed E-state index contributed by atoms with van der Waals surface area (Å²) in [4.78, 5) is 21.7. The third-order valence-electron chi connectivity index (χ3n) is 1.65. The largest absolute Gasteiger partial charge is 0.480 e. The van der Waals surface area contributed by atoms with Gasteiger partial charge in [-0.05, 0) is 6.92 Å². The van der Waals surface area contributed by atoms with Crippen LogP contribution in [-0.2, 0) is 15.6 Å². The number of aliphatic carboxylic acids is 1. The number of carbonyl (C=O) groups is 2. The summed E-state index contributed by atoms with van der Waals surface area (Å²) < 4.78 is 10.8. The third kappa shape index (κ3) is 6.36. The molecule has 3 atom stereocenters. The smallest absolute Gasteiger partial charge is 0.328 e. The number of aliphatic hydroxyl groups excluding tert-OH is 1. The van der Waals surface area contributed by atoms with E-state index in [-0.39, 0.29) is 11.8 Å². The second kappa shape index (κ2) is 7.18. The normalized spacial score (nSPS) is 15.9. The maximum absolute atomic E-state index is 11.2. The monoisotopic (exact) mass is 252 g/mol. The molecule has 0 saturated heterocycles. The average Bonchev–Trinajstić information content (AvgIpc) is 2.11. The fraction of sp³-hybridized carbons (Fsp3) is 0.750. The van der Waals surface area contributed by atoms with Crippen molar-refractivity contribution in [2.24, 2.45) is 0 Å². The van der Waals surface area contributed by atoms with Crippen LogP contribution >= 0.6 is 0 Å². The molecule has 8 heteroatoms. The van der Waals surface area contributed by atoms with Gasteiger partial charge in [0.15, 0.2) is 6.04 Å². The van der Waals surface area contributed by atoms with E-state index in [1.54, 1.807) is 6.92 Å². The lowest BCUT2D eigenvalue weighted by molar-refractivity contribution is -0.140. The van der Waals surface area contributed by atoms with Crippen LogP contribution in [0, 0.1) is 0 Å². The van der Waals surface area contributed by atoms with Crippen LogP contribution in [0.15, 0.2) is 0 Å². The highest BCUT2D eigenvalue weighted by molar-refractivity contribution is 7.84. The van der Waals surface area contributed by atoms with Gasteiger partial charge < -0.3 is 20.8 Å². The summed E-state index contributed by atoms with van der Waals surface area (Å²) in [5, 5.41) is 21.7. The third-order valence-corrected chi connectivity index (χ3v) is 2.62. The summed E-state index contributed by atoms with van der Waals surface area (Å²) in [5.41, 5.74) is 0. The lowest BCUT2D eigenvalue weighted by Crippen LogP contribution is -2.50. The summed E-state index contributed by atoms with van der Waals surface area (Å²) in [7, 11) is -1.04. The molecule has 0 aliphatic rings. The topological polar surface area (TPSA) is 116 Å². The van der Waals surface area contributed by atoms with Gasteiger partial charge >= 0.3 is 12.0 Å². The molecule has 0 fully saturated rings. The molecule has 0 rings (SSSR count). The van der Waals surface area contributed by atoms with E-state index in [0.717, 1.165) is 0 Å². The maximum atomic E-state index is 11.2. The number of aliphatic hydroxyl groups is 1. The van der Waals surface area contributed by atoms with E-state index in [9.17, 15) is 13.8 Å².